The number of carbonyl (C=O) groups is 1. The number of halogens is 3. The normalized spacial score (nSPS) is 16.8. The number of alkyl halides is 2. The molecule has 0 bridgehead atoms. The summed E-state index contributed by atoms with van der Waals surface area (Å²) in [6, 6.07) is 5.01. The Balaban J connectivity index is 0.00000338. The molecule has 0 radical (unpaired) electrons. The van der Waals surface area contributed by atoms with Gasteiger partial charge in [0.05, 0.1) is 18.0 Å². The molecule has 1 aliphatic rings. The molecule has 1 amide bonds. The molecule has 0 spiro atoms. The number of nitrogens with two attached hydrogens (primary N) is 1. The number of hydrogen-bond donors (Lipinski definition) is 2. The fourth-order valence-electron chi connectivity index (χ4n) is 3.21. The van der Waals surface area contributed by atoms with Crippen LogP contribution < -0.4 is 11.1 Å². The highest BCUT2D eigenvalue weighted by molar-refractivity contribution is 7.93. The molecular weight excluding hydrogens is 386 g/mol. The number of aryl methyl sites for hydroxylation is 2. The summed E-state index contributed by atoms with van der Waals surface area (Å²) in [5.41, 5.74) is 6.27. The lowest BCUT2D eigenvalue weighted by atomic mass is 10.1. The number of sulfone groups is 1. The van der Waals surface area contributed by atoms with Gasteiger partial charge in [0.15, 0.2) is 14.6 Å². The predicted octanol–water partition coefficient (Wildman–Crippen LogP) is 2.52. The lowest BCUT2D eigenvalue weighted by Gasteiger charge is -2.29. The molecule has 5 nitrogen and oxygen atoms in total. The van der Waals surface area contributed by atoms with E-state index in [-0.39, 0.29) is 30.1 Å². The van der Waals surface area contributed by atoms with Crippen LogP contribution in [0, 0.1) is 13.8 Å². The topological polar surface area (TPSA) is 89.3 Å². The molecule has 0 unspecified atom stereocenters. The summed E-state index contributed by atoms with van der Waals surface area (Å²) in [5, 5.41) is 2.12. The van der Waals surface area contributed by atoms with Crippen LogP contribution in [0.1, 0.15) is 36.8 Å². The summed E-state index contributed by atoms with van der Waals surface area (Å²) in [7, 11) is -4.02. The number of carbonyl (C=O) groups excluding carboxylic acids is 1. The van der Waals surface area contributed by atoms with E-state index in [1.165, 1.54) is 6.07 Å². The van der Waals surface area contributed by atoms with Crippen molar-refractivity contribution >= 4 is 28.2 Å². The summed E-state index contributed by atoms with van der Waals surface area (Å²) in [4.78, 5) is 12.8. The Labute approximate surface area is 159 Å². The Morgan fingerprint density at radius 2 is 1.85 bits per heavy atom. The zero-order valence-corrected chi connectivity index (χ0v) is 16.5. The highest BCUT2D eigenvalue weighted by atomic mass is 35.5. The third kappa shape index (κ3) is 4.18. The van der Waals surface area contributed by atoms with E-state index >= 15 is 0 Å². The van der Waals surface area contributed by atoms with Gasteiger partial charge in [0.1, 0.15) is 0 Å². The van der Waals surface area contributed by atoms with Crippen molar-refractivity contribution in [3.05, 3.63) is 29.3 Å². The maximum Gasteiger partial charge on any atom is 0.277 e. The number of rotatable bonds is 6. The molecule has 1 aliphatic carbocycles. The molecule has 0 aliphatic heterocycles. The first-order valence-electron chi connectivity index (χ1n) is 8.24. The quantitative estimate of drug-likeness (QED) is 0.754. The van der Waals surface area contributed by atoms with E-state index in [0.29, 0.717) is 18.4 Å². The molecule has 1 fully saturated rings. The molecule has 2 rings (SSSR count). The molecule has 0 saturated heterocycles. The average molecular weight is 411 g/mol. The van der Waals surface area contributed by atoms with E-state index in [9.17, 15) is 22.0 Å². The summed E-state index contributed by atoms with van der Waals surface area (Å²) < 4.78 is 51.6. The Bertz CT molecular complexity index is 763. The van der Waals surface area contributed by atoms with Crippen molar-refractivity contribution in [1.82, 2.24) is 5.32 Å². The van der Waals surface area contributed by atoms with E-state index in [1.54, 1.807) is 26.0 Å². The van der Waals surface area contributed by atoms with Gasteiger partial charge in [-0.25, -0.2) is 17.2 Å². The van der Waals surface area contributed by atoms with Gasteiger partial charge in [0.25, 0.3) is 5.92 Å². The fourth-order valence-corrected chi connectivity index (χ4v) is 5.61. The van der Waals surface area contributed by atoms with Crippen molar-refractivity contribution in [1.29, 1.82) is 0 Å². The van der Waals surface area contributed by atoms with Crippen LogP contribution in [-0.2, 0) is 14.6 Å². The second-order valence-electron chi connectivity index (χ2n) is 6.72. The monoisotopic (exact) mass is 410 g/mol. The smallest absolute Gasteiger partial charge is 0.277 e. The minimum atomic E-state index is -4.02. The van der Waals surface area contributed by atoms with Gasteiger partial charge in [-0.05, 0) is 43.9 Å². The SMILES string of the molecule is Cc1ccc(C)c(S(=O)(=O)C2(C(=O)NCC(F)(F)CN)CCCC2)c1.Cl. The van der Waals surface area contributed by atoms with Gasteiger partial charge in [-0.3, -0.25) is 4.79 Å². The second-order valence-corrected chi connectivity index (χ2v) is 8.94. The van der Waals surface area contributed by atoms with Gasteiger partial charge < -0.3 is 11.1 Å². The molecular formula is C17H25ClF2N2O3S. The number of benzene rings is 1. The van der Waals surface area contributed by atoms with E-state index in [4.69, 9.17) is 5.73 Å². The Morgan fingerprint density at radius 1 is 1.27 bits per heavy atom. The van der Waals surface area contributed by atoms with Gasteiger partial charge in [-0.15, -0.1) is 12.4 Å². The van der Waals surface area contributed by atoms with Crippen LogP contribution in [-0.4, -0.2) is 38.1 Å². The van der Waals surface area contributed by atoms with E-state index in [0.717, 1.165) is 5.56 Å². The van der Waals surface area contributed by atoms with Crippen LogP contribution in [0.3, 0.4) is 0 Å². The lowest BCUT2D eigenvalue weighted by molar-refractivity contribution is -0.125. The minimum absolute atomic E-state index is 0. The fraction of sp³-hybridized carbons (Fsp3) is 0.588. The van der Waals surface area contributed by atoms with Crippen molar-refractivity contribution in [2.75, 3.05) is 13.1 Å². The minimum Gasteiger partial charge on any atom is -0.349 e. The van der Waals surface area contributed by atoms with Crippen molar-refractivity contribution in [3.8, 4) is 0 Å². The molecule has 1 saturated carbocycles. The first-order valence-corrected chi connectivity index (χ1v) is 9.72. The number of amides is 1. The van der Waals surface area contributed by atoms with Crippen LogP contribution in [0.15, 0.2) is 23.1 Å². The first kappa shape index (κ1) is 22.8. The summed E-state index contributed by atoms with van der Waals surface area (Å²) >= 11 is 0. The van der Waals surface area contributed by atoms with Crippen LogP contribution in [0.5, 0.6) is 0 Å². The van der Waals surface area contributed by atoms with Crippen molar-refractivity contribution in [2.24, 2.45) is 5.73 Å². The number of hydrogen-bond acceptors (Lipinski definition) is 4. The highest BCUT2D eigenvalue weighted by Gasteiger charge is 2.53. The largest absolute Gasteiger partial charge is 0.349 e. The standard InChI is InChI=1S/C17H24F2N2O3S.ClH/c1-12-5-6-13(2)14(9-12)25(23,24)16(7-3-4-8-16)15(22)21-11-17(18,19)10-20;/h5-6,9H,3-4,7-8,10-11,20H2,1-2H3,(H,21,22);1H. The third-order valence-corrected chi connectivity index (χ3v) is 7.42. The zero-order chi connectivity index (χ0) is 18.9. The summed E-state index contributed by atoms with van der Waals surface area (Å²) in [6.45, 7) is 1.55. The summed E-state index contributed by atoms with van der Waals surface area (Å²) in [5.74, 6) is -4.13. The molecule has 9 heteroatoms. The van der Waals surface area contributed by atoms with Crippen LogP contribution >= 0.6 is 12.4 Å². The van der Waals surface area contributed by atoms with Crippen molar-refractivity contribution < 1.29 is 22.0 Å². The maximum atomic E-state index is 13.4. The lowest BCUT2D eigenvalue weighted by Crippen LogP contribution is -2.53. The van der Waals surface area contributed by atoms with Gasteiger partial charge >= 0.3 is 0 Å². The van der Waals surface area contributed by atoms with Gasteiger partial charge in [-0.2, -0.15) is 0 Å². The van der Waals surface area contributed by atoms with Gasteiger partial charge in [0, 0.05) is 0 Å². The van der Waals surface area contributed by atoms with Crippen LogP contribution in [0.4, 0.5) is 8.78 Å². The molecule has 148 valence electrons. The molecule has 3 N–H and O–H groups in total. The molecule has 0 aromatic heterocycles. The number of nitrogens with one attached hydrogen (secondary N) is 1. The van der Waals surface area contributed by atoms with E-state index in [1.807, 2.05) is 0 Å². The molecule has 1 aromatic carbocycles. The van der Waals surface area contributed by atoms with E-state index < -0.39 is 39.5 Å². The molecule has 26 heavy (non-hydrogen) atoms. The third-order valence-electron chi connectivity index (χ3n) is 4.78. The maximum absolute atomic E-state index is 13.4. The first-order chi connectivity index (χ1) is 11.6. The average Bonchev–Trinajstić information content (AvgIpc) is 3.06. The van der Waals surface area contributed by atoms with Crippen LogP contribution in [0.2, 0.25) is 0 Å². The Kier molecular flexibility index (Phi) is 7.18. The van der Waals surface area contributed by atoms with Gasteiger partial charge in [0.2, 0.25) is 5.91 Å². The zero-order valence-electron chi connectivity index (χ0n) is 14.8. The van der Waals surface area contributed by atoms with Crippen LogP contribution in [0.25, 0.3) is 0 Å². The predicted molar refractivity (Wildman–Crippen MR) is 98.6 cm³/mol. The van der Waals surface area contributed by atoms with E-state index in [2.05, 4.69) is 5.32 Å². The highest BCUT2D eigenvalue weighted by Crippen LogP contribution is 2.41. The Hall–Kier alpha value is -1.25. The Morgan fingerprint density at radius 3 is 2.38 bits per heavy atom. The molecule has 1 aromatic rings. The van der Waals surface area contributed by atoms with Crippen molar-refractivity contribution in [3.63, 3.8) is 0 Å². The van der Waals surface area contributed by atoms with Crippen molar-refractivity contribution in [2.45, 2.75) is 55.1 Å². The van der Waals surface area contributed by atoms with Gasteiger partial charge in [-0.1, -0.05) is 25.0 Å². The molecule has 0 heterocycles. The molecule has 0 atom stereocenters. The summed E-state index contributed by atoms with van der Waals surface area (Å²) in [6.07, 6.45) is 1.38. The second kappa shape index (κ2) is 8.19.